The van der Waals surface area contributed by atoms with E-state index in [1.165, 1.54) is 17.7 Å². The third-order valence-electron chi connectivity index (χ3n) is 4.59. The molecular weight excluding hydrogens is 406 g/mol. The van der Waals surface area contributed by atoms with Crippen molar-refractivity contribution in [3.8, 4) is 16.1 Å². The number of aromatic nitrogens is 5. The molecule has 3 aromatic heterocycles. The van der Waals surface area contributed by atoms with Gasteiger partial charge in [-0.1, -0.05) is 35.9 Å². The lowest BCUT2D eigenvalue weighted by molar-refractivity contribution is 0.684. The number of fused-ring (bicyclic) bond motifs is 1. The molecule has 0 bridgehead atoms. The molecule has 0 aliphatic rings. The van der Waals surface area contributed by atoms with Crippen molar-refractivity contribution in [3.05, 3.63) is 94.5 Å². The van der Waals surface area contributed by atoms with Gasteiger partial charge in [-0.05, 0) is 41.5 Å². The summed E-state index contributed by atoms with van der Waals surface area (Å²) in [6.07, 6.45) is 4.76. The van der Waals surface area contributed by atoms with E-state index >= 15 is 0 Å². The van der Waals surface area contributed by atoms with Gasteiger partial charge in [-0.25, -0.2) is 14.6 Å². The highest BCUT2D eigenvalue weighted by molar-refractivity contribution is 7.22. The Hall–Kier alpha value is -3.29. The first-order valence-electron chi connectivity index (χ1n) is 8.86. The van der Waals surface area contributed by atoms with Crippen LogP contribution in [-0.4, -0.2) is 24.3 Å². The molecule has 0 atom stereocenters. The third kappa shape index (κ3) is 3.46. The maximum atomic E-state index is 13.1. The van der Waals surface area contributed by atoms with E-state index in [1.54, 1.807) is 21.9 Å². The van der Waals surface area contributed by atoms with Crippen molar-refractivity contribution in [2.75, 3.05) is 0 Å². The van der Waals surface area contributed by atoms with Gasteiger partial charge in [-0.15, -0.1) is 11.3 Å². The maximum Gasteiger partial charge on any atom is 0.275 e. The van der Waals surface area contributed by atoms with E-state index in [0.29, 0.717) is 21.8 Å². The number of hydrogen-bond acceptors (Lipinski definition) is 5. The molecule has 6 nitrogen and oxygen atoms in total. The van der Waals surface area contributed by atoms with Crippen molar-refractivity contribution >= 4 is 33.2 Å². The first kappa shape index (κ1) is 17.8. The lowest BCUT2D eigenvalue weighted by atomic mass is 10.2. The summed E-state index contributed by atoms with van der Waals surface area (Å²) in [7, 11) is 0. The number of rotatable bonds is 4. The normalized spacial score (nSPS) is 11.2. The summed E-state index contributed by atoms with van der Waals surface area (Å²) >= 11 is 7.41. The molecule has 0 aliphatic carbocycles. The van der Waals surface area contributed by atoms with Crippen LogP contribution < -0.4 is 5.56 Å². The fourth-order valence-electron chi connectivity index (χ4n) is 3.12. The van der Waals surface area contributed by atoms with Crippen LogP contribution in [0, 0.1) is 0 Å². The van der Waals surface area contributed by atoms with Crippen molar-refractivity contribution in [3.63, 3.8) is 0 Å². The molecule has 142 valence electrons. The molecule has 2 aromatic carbocycles. The van der Waals surface area contributed by atoms with Crippen LogP contribution in [-0.2, 0) is 6.54 Å². The van der Waals surface area contributed by atoms with E-state index in [1.807, 2.05) is 54.6 Å². The molecule has 0 amide bonds. The van der Waals surface area contributed by atoms with Crippen molar-refractivity contribution in [1.82, 2.24) is 24.3 Å². The molecule has 0 saturated carbocycles. The zero-order valence-electron chi connectivity index (χ0n) is 15.1. The van der Waals surface area contributed by atoms with Gasteiger partial charge in [0.25, 0.3) is 5.56 Å². The van der Waals surface area contributed by atoms with E-state index in [4.69, 9.17) is 11.6 Å². The minimum Gasteiger partial charge on any atom is -0.267 e. The highest BCUT2D eigenvalue weighted by atomic mass is 35.5. The zero-order chi connectivity index (χ0) is 19.8. The number of halogens is 1. The van der Waals surface area contributed by atoms with Crippen molar-refractivity contribution in [2.24, 2.45) is 0 Å². The summed E-state index contributed by atoms with van der Waals surface area (Å²) in [6.45, 7) is 0.627. The van der Waals surface area contributed by atoms with Crippen LogP contribution in [0.5, 0.6) is 0 Å². The van der Waals surface area contributed by atoms with Gasteiger partial charge in [0, 0.05) is 9.90 Å². The van der Waals surface area contributed by atoms with Crippen molar-refractivity contribution < 1.29 is 0 Å². The van der Waals surface area contributed by atoms with Gasteiger partial charge in [-0.2, -0.15) is 5.10 Å². The van der Waals surface area contributed by atoms with E-state index < -0.39 is 0 Å². The average molecular weight is 420 g/mol. The van der Waals surface area contributed by atoms with Crippen LogP contribution in [0.15, 0.2) is 78.4 Å². The molecule has 5 rings (SSSR count). The molecule has 0 spiro atoms. The lowest BCUT2D eigenvalue weighted by Gasteiger charge is -2.07. The van der Waals surface area contributed by atoms with Crippen LogP contribution >= 0.6 is 22.9 Å². The monoisotopic (exact) mass is 419 g/mol. The predicted octanol–water partition coefficient (Wildman–Crippen LogP) is 4.41. The molecule has 5 aromatic rings. The van der Waals surface area contributed by atoms with Gasteiger partial charge >= 0.3 is 0 Å². The molecule has 3 heterocycles. The van der Waals surface area contributed by atoms with E-state index in [-0.39, 0.29) is 5.56 Å². The average Bonchev–Trinajstić information content (AvgIpc) is 3.40. The topological polar surface area (TPSA) is 65.6 Å². The van der Waals surface area contributed by atoms with Crippen LogP contribution in [0.3, 0.4) is 0 Å². The largest absolute Gasteiger partial charge is 0.275 e. The first-order valence-corrected chi connectivity index (χ1v) is 10.1. The third-order valence-corrected chi connectivity index (χ3v) is 6.01. The Kier molecular flexibility index (Phi) is 4.46. The SMILES string of the molecule is O=c1c2sc(-c3ccc(Cl)cc3)cc2ncn1-c1ccc(Cn2cncn2)cc1. The fourth-order valence-corrected chi connectivity index (χ4v) is 4.29. The molecule has 0 radical (unpaired) electrons. The minimum absolute atomic E-state index is 0.0794. The predicted molar refractivity (Wildman–Crippen MR) is 115 cm³/mol. The summed E-state index contributed by atoms with van der Waals surface area (Å²) in [5.74, 6) is 0. The Morgan fingerprint density at radius 3 is 2.52 bits per heavy atom. The van der Waals surface area contributed by atoms with Gasteiger partial charge in [0.2, 0.25) is 0 Å². The molecule has 29 heavy (non-hydrogen) atoms. The number of hydrogen-bond donors (Lipinski definition) is 0. The van der Waals surface area contributed by atoms with Crippen LogP contribution in [0.2, 0.25) is 5.02 Å². The Bertz CT molecular complexity index is 1340. The van der Waals surface area contributed by atoms with E-state index in [9.17, 15) is 4.79 Å². The highest BCUT2D eigenvalue weighted by Crippen LogP contribution is 2.31. The van der Waals surface area contributed by atoms with Crippen LogP contribution in [0.4, 0.5) is 0 Å². The lowest BCUT2D eigenvalue weighted by Crippen LogP contribution is -2.17. The van der Waals surface area contributed by atoms with Crippen molar-refractivity contribution in [1.29, 1.82) is 0 Å². The zero-order valence-corrected chi connectivity index (χ0v) is 16.6. The Morgan fingerprint density at radius 2 is 1.79 bits per heavy atom. The second-order valence-electron chi connectivity index (χ2n) is 6.51. The minimum atomic E-state index is -0.0794. The Morgan fingerprint density at radius 1 is 1.00 bits per heavy atom. The summed E-state index contributed by atoms with van der Waals surface area (Å²) in [5, 5.41) is 4.79. The number of thiophene rings is 1. The summed E-state index contributed by atoms with van der Waals surface area (Å²) < 4.78 is 3.95. The van der Waals surface area contributed by atoms with Gasteiger partial charge in [0.1, 0.15) is 23.7 Å². The van der Waals surface area contributed by atoms with E-state index in [2.05, 4.69) is 15.1 Å². The summed E-state index contributed by atoms with van der Waals surface area (Å²) in [6, 6.07) is 17.3. The number of nitrogens with zero attached hydrogens (tertiary/aromatic N) is 5. The maximum absolute atomic E-state index is 13.1. The number of benzene rings is 2. The van der Waals surface area contributed by atoms with Crippen LogP contribution in [0.25, 0.3) is 26.3 Å². The molecule has 0 unspecified atom stereocenters. The standard InChI is InChI=1S/C21H14ClN5OS/c22-16-5-3-15(4-6-16)19-9-18-20(29-19)21(28)27(13-24-18)17-7-1-14(2-8-17)10-26-12-23-11-25-26/h1-9,11-13H,10H2. The van der Waals surface area contributed by atoms with Gasteiger partial charge < -0.3 is 0 Å². The molecule has 0 aliphatic heterocycles. The quantitative estimate of drug-likeness (QED) is 0.433. The molecule has 0 N–H and O–H groups in total. The second-order valence-corrected chi connectivity index (χ2v) is 8.00. The van der Waals surface area contributed by atoms with Gasteiger partial charge in [0.15, 0.2) is 0 Å². The molecule has 0 fully saturated rings. The van der Waals surface area contributed by atoms with E-state index in [0.717, 1.165) is 21.7 Å². The smallest absolute Gasteiger partial charge is 0.267 e. The fraction of sp³-hybridized carbons (Fsp3) is 0.0476. The highest BCUT2D eigenvalue weighted by Gasteiger charge is 2.11. The second kappa shape index (κ2) is 7.27. The van der Waals surface area contributed by atoms with Gasteiger partial charge in [0.05, 0.1) is 17.7 Å². The summed E-state index contributed by atoms with van der Waals surface area (Å²) in [4.78, 5) is 22.5. The first-order chi connectivity index (χ1) is 14.2. The van der Waals surface area contributed by atoms with Gasteiger partial charge in [-0.3, -0.25) is 9.36 Å². The molecule has 8 heteroatoms. The van der Waals surface area contributed by atoms with Crippen LogP contribution in [0.1, 0.15) is 5.56 Å². The Labute approximate surface area is 174 Å². The molecular formula is C21H14ClN5OS. The Balaban J connectivity index is 1.49. The molecule has 0 saturated heterocycles. The summed E-state index contributed by atoms with van der Waals surface area (Å²) in [5.41, 5.74) is 3.48. The van der Waals surface area contributed by atoms with Crippen molar-refractivity contribution in [2.45, 2.75) is 6.54 Å².